The van der Waals surface area contributed by atoms with Gasteiger partial charge < -0.3 is 10.6 Å². The van der Waals surface area contributed by atoms with Crippen molar-refractivity contribution in [1.82, 2.24) is 10.6 Å². The molecule has 0 bridgehead atoms. The first-order valence-electron chi connectivity index (χ1n) is 5.18. The number of urea groups is 1. The molecular weight excluding hydrogens is 164 g/mol. The van der Waals surface area contributed by atoms with E-state index in [2.05, 4.69) is 17.6 Å². The first kappa shape index (κ1) is 10.4. The highest BCUT2D eigenvalue weighted by Gasteiger charge is 2.18. The Hall–Kier alpha value is -0.730. The molecule has 0 heterocycles. The summed E-state index contributed by atoms with van der Waals surface area (Å²) in [7, 11) is 1.65. The molecule has 0 aromatic rings. The van der Waals surface area contributed by atoms with Crippen LogP contribution in [-0.2, 0) is 0 Å². The summed E-state index contributed by atoms with van der Waals surface area (Å²) in [5, 5.41) is 5.44. The second kappa shape index (κ2) is 5.10. The molecule has 3 nitrogen and oxygen atoms in total. The SMILES string of the molecule is CNC(=O)NCC1CCCC(C)C1. The van der Waals surface area contributed by atoms with Crippen molar-refractivity contribution in [3.8, 4) is 0 Å². The lowest BCUT2D eigenvalue weighted by Gasteiger charge is -2.26. The Bertz CT molecular complexity index is 170. The Kier molecular flexibility index (Phi) is 4.06. The van der Waals surface area contributed by atoms with Gasteiger partial charge in [-0.05, 0) is 24.7 Å². The number of hydrogen-bond donors (Lipinski definition) is 2. The van der Waals surface area contributed by atoms with Gasteiger partial charge >= 0.3 is 6.03 Å². The summed E-state index contributed by atoms with van der Waals surface area (Å²) >= 11 is 0. The number of carbonyl (C=O) groups is 1. The number of carbonyl (C=O) groups excluding carboxylic acids is 1. The largest absolute Gasteiger partial charge is 0.341 e. The van der Waals surface area contributed by atoms with Crippen molar-refractivity contribution >= 4 is 6.03 Å². The lowest BCUT2D eigenvalue weighted by molar-refractivity contribution is 0.233. The number of amides is 2. The van der Waals surface area contributed by atoms with Crippen LogP contribution in [0.5, 0.6) is 0 Å². The predicted molar refractivity (Wildman–Crippen MR) is 53.6 cm³/mol. The van der Waals surface area contributed by atoms with Crippen LogP contribution in [0.2, 0.25) is 0 Å². The maximum atomic E-state index is 10.9. The smallest absolute Gasteiger partial charge is 0.314 e. The lowest BCUT2D eigenvalue weighted by atomic mass is 9.82. The van der Waals surface area contributed by atoms with E-state index in [-0.39, 0.29) is 6.03 Å². The van der Waals surface area contributed by atoms with E-state index in [1.54, 1.807) is 7.05 Å². The average Bonchev–Trinajstić information content (AvgIpc) is 2.14. The maximum absolute atomic E-state index is 10.9. The van der Waals surface area contributed by atoms with Gasteiger partial charge in [-0.15, -0.1) is 0 Å². The molecule has 1 fully saturated rings. The highest BCUT2D eigenvalue weighted by Crippen LogP contribution is 2.27. The number of hydrogen-bond acceptors (Lipinski definition) is 1. The van der Waals surface area contributed by atoms with E-state index in [4.69, 9.17) is 0 Å². The van der Waals surface area contributed by atoms with Gasteiger partial charge in [-0.3, -0.25) is 0 Å². The zero-order valence-electron chi connectivity index (χ0n) is 8.60. The zero-order chi connectivity index (χ0) is 9.68. The Morgan fingerprint density at radius 1 is 1.46 bits per heavy atom. The molecule has 1 aliphatic carbocycles. The van der Waals surface area contributed by atoms with Crippen molar-refractivity contribution < 1.29 is 4.79 Å². The van der Waals surface area contributed by atoms with Crippen LogP contribution in [0.1, 0.15) is 32.6 Å². The normalized spacial score (nSPS) is 28.2. The molecule has 0 saturated heterocycles. The molecule has 0 aliphatic heterocycles. The summed E-state index contributed by atoms with van der Waals surface area (Å²) in [5.74, 6) is 1.53. The topological polar surface area (TPSA) is 41.1 Å². The van der Waals surface area contributed by atoms with E-state index in [1.165, 1.54) is 25.7 Å². The highest BCUT2D eigenvalue weighted by molar-refractivity contribution is 5.73. The van der Waals surface area contributed by atoms with Crippen molar-refractivity contribution in [2.45, 2.75) is 32.6 Å². The molecule has 13 heavy (non-hydrogen) atoms. The summed E-state index contributed by atoms with van der Waals surface area (Å²) in [5.41, 5.74) is 0. The van der Waals surface area contributed by atoms with E-state index >= 15 is 0 Å². The van der Waals surface area contributed by atoms with Gasteiger partial charge in [0.2, 0.25) is 0 Å². The summed E-state index contributed by atoms with van der Waals surface area (Å²) < 4.78 is 0. The first-order valence-corrected chi connectivity index (χ1v) is 5.18. The molecule has 0 aromatic heterocycles. The summed E-state index contributed by atoms with van der Waals surface area (Å²) in [4.78, 5) is 10.9. The third-order valence-electron chi connectivity index (χ3n) is 2.82. The van der Waals surface area contributed by atoms with Crippen LogP contribution in [0.3, 0.4) is 0 Å². The van der Waals surface area contributed by atoms with Crippen molar-refractivity contribution in [1.29, 1.82) is 0 Å². The number of rotatable bonds is 2. The molecule has 2 N–H and O–H groups in total. The third-order valence-corrected chi connectivity index (χ3v) is 2.82. The molecule has 3 heteroatoms. The fourth-order valence-corrected chi connectivity index (χ4v) is 2.07. The Balaban J connectivity index is 2.17. The molecule has 1 aliphatic rings. The van der Waals surface area contributed by atoms with Crippen LogP contribution >= 0.6 is 0 Å². The van der Waals surface area contributed by atoms with Crippen LogP contribution in [0.4, 0.5) is 4.79 Å². The fraction of sp³-hybridized carbons (Fsp3) is 0.900. The van der Waals surface area contributed by atoms with Gasteiger partial charge in [-0.1, -0.05) is 19.8 Å². The van der Waals surface area contributed by atoms with Crippen LogP contribution in [0.25, 0.3) is 0 Å². The Morgan fingerprint density at radius 2 is 2.23 bits per heavy atom. The van der Waals surface area contributed by atoms with E-state index in [0.717, 1.165) is 12.5 Å². The van der Waals surface area contributed by atoms with Gasteiger partial charge in [-0.25, -0.2) is 4.79 Å². The first-order chi connectivity index (χ1) is 6.22. The molecule has 0 radical (unpaired) electrons. The fourth-order valence-electron chi connectivity index (χ4n) is 2.07. The van der Waals surface area contributed by atoms with Crippen molar-refractivity contribution in [3.63, 3.8) is 0 Å². The van der Waals surface area contributed by atoms with E-state index in [1.807, 2.05) is 0 Å². The van der Waals surface area contributed by atoms with Gasteiger partial charge in [0.25, 0.3) is 0 Å². The quantitative estimate of drug-likeness (QED) is 0.674. The second-order valence-corrected chi connectivity index (χ2v) is 4.10. The second-order valence-electron chi connectivity index (χ2n) is 4.10. The van der Waals surface area contributed by atoms with Gasteiger partial charge in [-0.2, -0.15) is 0 Å². The van der Waals surface area contributed by atoms with E-state index in [9.17, 15) is 4.79 Å². The summed E-state index contributed by atoms with van der Waals surface area (Å²) in [6.45, 7) is 3.13. The molecule has 1 saturated carbocycles. The van der Waals surface area contributed by atoms with Crippen molar-refractivity contribution in [2.75, 3.05) is 13.6 Å². The molecule has 2 amide bonds. The molecular formula is C10H20N2O. The van der Waals surface area contributed by atoms with Crippen molar-refractivity contribution in [2.24, 2.45) is 11.8 Å². The summed E-state index contributed by atoms with van der Waals surface area (Å²) in [6, 6.07) is -0.0572. The van der Waals surface area contributed by atoms with Gasteiger partial charge in [0.1, 0.15) is 0 Å². The van der Waals surface area contributed by atoms with E-state index < -0.39 is 0 Å². The van der Waals surface area contributed by atoms with Crippen LogP contribution in [-0.4, -0.2) is 19.6 Å². The minimum Gasteiger partial charge on any atom is -0.341 e. The Morgan fingerprint density at radius 3 is 2.85 bits per heavy atom. The summed E-state index contributed by atoms with van der Waals surface area (Å²) in [6.07, 6.45) is 5.22. The monoisotopic (exact) mass is 184 g/mol. The molecule has 0 aromatic carbocycles. The van der Waals surface area contributed by atoms with Crippen molar-refractivity contribution in [3.05, 3.63) is 0 Å². The molecule has 1 rings (SSSR count). The minimum absolute atomic E-state index is 0.0572. The number of nitrogens with one attached hydrogen (secondary N) is 2. The predicted octanol–water partition coefficient (Wildman–Crippen LogP) is 1.74. The van der Waals surface area contributed by atoms with Gasteiger partial charge in [0, 0.05) is 13.6 Å². The minimum atomic E-state index is -0.0572. The Labute approximate surface area is 80.3 Å². The molecule has 76 valence electrons. The van der Waals surface area contributed by atoms with Crippen LogP contribution in [0.15, 0.2) is 0 Å². The van der Waals surface area contributed by atoms with E-state index in [0.29, 0.717) is 5.92 Å². The molecule has 2 unspecified atom stereocenters. The molecule has 2 atom stereocenters. The van der Waals surface area contributed by atoms with Gasteiger partial charge in [0.05, 0.1) is 0 Å². The highest BCUT2D eigenvalue weighted by atomic mass is 16.2. The van der Waals surface area contributed by atoms with Gasteiger partial charge in [0.15, 0.2) is 0 Å². The zero-order valence-corrected chi connectivity index (χ0v) is 8.60. The lowest BCUT2D eigenvalue weighted by Crippen LogP contribution is -2.37. The standard InChI is InChI=1S/C10H20N2O/c1-8-4-3-5-9(6-8)7-12-10(13)11-2/h8-9H,3-7H2,1-2H3,(H2,11,12,13). The average molecular weight is 184 g/mol. The maximum Gasteiger partial charge on any atom is 0.314 e. The molecule has 0 spiro atoms. The van der Waals surface area contributed by atoms with Crippen LogP contribution < -0.4 is 10.6 Å². The third kappa shape index (κ3) is 3.66. The van der Waals surface area contributed by atoms with Crippen LogP contribution in [0, 0.1) is 11.8 Å².